The monoisotopic (exact) mass is 292 g/mol. The van der Waals surface area contributed by atoms with Gasteiger partial charge in [-0.15, -0.1) is 0 Å². The zero-order chi connectivity index (χ0) is 15.1. The molecule has 0 N–H and O–H groups in total. The van der Waals surface area contributed by atoms with Gasteiger partial charge in [-0.25, -0.2) is 4.39 Å². The highest BCUT2D eigenvalue weighted by molar-refractivity contribution is 5.82. The number of carbonyl (C=O) groups excluding carboxylic acids is 1. The van der Waals surface area contributed by atoms with Gasteiger partial charge in [0.2, 0.25) is 0 Å². The Balaban J connectivity index is 2.40. The summed E-state index contributed by atoms with van der Waals surface area (Å²) >= 11 is 0. The number of hydrogen-bond donors (Lipinski definition) is 0. The molecule has 0 spiro atoms. The van der Waals surface area contributed by atoms with E-state index in [4.69, 9.17) is 0 Å². The Morgan fingerprint density at radius 1 is 1.30 bits per heavy atom. The van der Waals surface area contributed by atoms with Crippen molar-refractivity contribution in [3.05, 3.63) is 39.2 Å². The van der Waals surface area contributed by atoms with E-state index in [1.807, 2.05) is 0 Å². The number of hydrogen-bond acceptors (Lipinski definition) is 3. The molecule has 20 heavy (non-hydrogen) atoms. The normalized spacial score (nSPS) is 14.9. The summed E-state index contributed by atoms with van der Waals surface area (Å²) in [7, 11) is 0. The lowest BCUT2D eigenvalue weighted by Crippen LogP contribution is -2.44. The van der Waals surface area contributed by atoms with Crippen LogP contribution >= 0.6 is 0 Å². The Hall–Kier alpha value is -2.19. The zero-order valence-corrected chi connectivity index (χ0v) is 9.91. The molecule has 1 aliphatic rings. The molecular formula is C11H8F4N2O3. The first-order valence-corrected chi connectivity index (χ1v) is 5.52. The third-order valence-corrected chi connectivity index (χ3v) is 3.06. The molecule has 0 saturated heterocycles. The molecule has 1 amide bonds. The van der Waals surface area contributed by atoms with Crippen molar-refractivity contribution in [2.24, 2.45) is 0 Å². The number of rotatable bonds is 1. The lowest BCUT2D eigenvalue weighted by molar-refractivity contribution is -0.385. The maximum atomic E-state index is 13.5. The van der Waals surface area contributed by atoms with Crippen LogP contribution in [0.5, 0.6) is 0 Å². The van der Waals surface area contributed by atoms with Gasteiger partial charge in [0.25, 0.3) is 5.69 Å². The van der Waals surface area contributed by atoms with Crippen molar-refractivity contribution in [2.75, 3.05) is 6.54 Å². The van der Waals surface area contributed by atoms with Crippen LogP contribution in [0, 0.1) is 15.9 Å². The van der Waals surface area contributed by atoms with E-state index < -0.39 is 35.1 Å². The summed E-state index contributed by atoms with van der Waals surface area (Å²) in [6, 6.07) is 1.79. The summed E-state index contributed by atoms with van der Waals surface area (Å²) in [6.45, 7) is -0.953. The molecule has 0 aliphatic carbocycles. The predicted molar refractivity (Wildman–Crippen MR) is 58.2 cm³/mol. The Morgan fingerprint density at radius 2 is 1.95 bits per heavy atom. The first kappa shape index (κ1) is 14.2. The lowest BCUT2D eigenvalue weighted by Gasteiger charge is -2.29. The summed E-state index contributed by atoms with van der Waals surface area (Å²) in [5.41, 5.74) is -0.676. The van der Waals surface area contributed by atoms with Gasteiger partial charge in [0.05, 0.1) is 17.0 Å². The second-order valence-corrected chi connectivity index (χ2v) is 4.26. The van der Waals surface area contributed by atoms with Crippen molar-refractivity contribution >= 4 is 11.6 Å². The van der Waals surface area contributed by atoms with Gasteiger partial charge >= 0.3 is 12.1 Å². The number of nitro benzene ring substituents is 1. The van der Waals surface area contributed by atoms with Crippen LogP contribution in [-0.2, 0) is 17.8 Å². The minimum absolute atomic E-state index is 0.00887. The molecule has 0 atom stereocenters. The highest BCUT2D eigenvalue weighted by Gasteiger charge is 2.44. The van der Waals surface area contributed by atoms with Crippen molar-refractivity contribution in [3.63, 3.8) is 0 Å². The minimum Gasteiger partial charge on any atom is -0.330 e. The number of alkyl halides is 3. The van der Waals surface area contributed by atoms with Gasteiger partial charge in [-0.2, -0.15) is 13.2 Å². The fourth-order valence-corrected chi connectivity index (χ4v) is 2.14. The standard InChI is InChI=1S/C11H8F4N2O3/c12-8-1-2-9(17(19)20)7-5-16(4-3-6(7)8)10(18)11(13,14)15/h1-2H,3-5H2. The fourth-order valence-electron chi connectivity index (χ4n) is 2.14. The first-order valence-electron chi connectivity index (χ1n) is 5.52. The van der Waals surface area contributed by atoms with Gasteiger partial charge in [-0.1, -0.05) is 0 Å². The molecule has 0 unspecified atom stereocenters. The Bertz CT molecular complexity index is 586. The Morgan fingerprint density at radius 3 is 2.50 bits per heavy atom. The second-order valence-electron chi connectivity index (χ2n) is 4.26. The van der Waals surface area contributed by atoms with Crippen LogP contribution in [0.4, 0.5) is 23.2 Å². The number of nitro groups is 1. The molecule has 1 aromatic rings. The van der Waals surface area contributed by atoms with Crippen LogP contribution in [0.3, 0.4) is 0 Å². The van der Waals surface area contributed by atoms with E-state index in [2.05, 4.69) is 0 Å². The first-order chi connectivity index (χ1) is 9.21. The van der Waals surface area contributed by atoms with Crippen LogP contribution in [0.15, 0.2) is 12.1 Å². The number of fused-ring (bicyclic) bond motifs is 1. The van der Waals surface area contributed by atoms with E-state index in [1.165, 1.54) is 0 Å². The lowest BCUT2D eigenvalue weighted by atomic mass is 9.97. The molecule has 5 nitrogen and oxygen atoms in total. The predicted octanol–water partition coefficient (Wildman–Crippen LogP) is 2.18. The summed E-state index contributed by atoms with van der Waals surface area (Å²) in [6.07, 6.45) is -5.25. The maximum Gasteiger partial charge on any atom is 0.471 e. The zero-order valence-electron chi connectivity index (χ0n) is 9.91. The summed E-state index contributed by atoms with van der Waals surface area (Å²) < 4.78 is 50.6. The van der Waals surface area contributed by atoms with Crippen molar-refractivity contribution in [1.82, 2.24) is 4.90 Å². The largest absolute Gasteiger partial charge is 0.471 e. The molecule has 0 aromatic heterocycles. The molecule has 0 saturated carbocycles. The van der Waals surface area contributed by atoms with Gasteiger partial charge in [0.1, 0.15) is 5.82 Å². The molecule has 2 rings (SSSR count). The molecule has 108 valence electrons. The molecule has 1 heterocycles. The molecule has 0 fully saturated rings. The van der Waals surface area contributed by atoms with Crippen molar-refractivity contribution in [3.8, 4) is 0 Å². The van der Waals surface area contributed by atoms with E-state index in [-0.39, 0.29) is 24.1 Å². The molecule has 1 aliphatic heterocycles. The van der Waals surface area contributed by atoms with Crippen molar-refractivity contribution in [1.29, 1.82) is 0 Å². The average molecular weight is 292 g/mol. The maximum absolute atomic E-state index is 13.5. The van der Waals surface area contributed by atoms with Crippen LogP contribution in [0.2, 0.25) is 0 Å². The second kappa shape index (κ2) is 4.73. The number of amides is 1. The van der Waals surface area contributed by atoms with Crippen molar-refractivity contribution in [2.45, 2.75) is 19.1 Å². The van der Waals surface area contributed by atoms with Gasteiger partial charge < -0.3 is 4.90 Å². The molecule has 1 aromatic carbocycles. The SMILES string of the molecule is O=C(N1CCc2c(F)ccc([N+](=O)[O-])c2C1)C(F)(F)F. The van der Waals surface area contributed by atoms with E-state index >= 15 is 0 Å². The topological polar surface area (TPSA) is 63.5 Å². The number of halogens is 4. The Labute approximate surface area is 109 Å². The van der Waals surface area contributed by atoms with E-state index in [1.54, 1.807) is 0 Å². The van der Waals surface area contributed by atoms with Crippen LogP contribution in [0.25, 0.3) is 0 Å². The number of benzene rings is 1. The smallest absolute Gasteiger partial charge is 0.330 e. The Kier molecular flexibility index (Phi) is 3.36. The summed E-state index contributed by atoms with van der Waals surface area (Å²) in [5.74, 6) is -2.80. The van der Waals surface area contributed by atoms with Crippen molar-refractivity contribution < 1.29 is 27.3 Å². The molecule has 0 bridgehead atoms. The van der Waals surface area contributed by atoms with Crippen LogP contribution < -0.4 is 0 Å². The molecule has 9 heteroatoms. The highest BCUT2D eigenvalue weighted by Crippen LogP contribution is 2.31. The van der Waals surface area contributed by atoms with Crippen LogP contribution in [-0.4, -0.2) is 28.5 Å². The summed E-state index contributed by atoms with van der Waals surface area (Å²) in [5, 5.41) is 10.8. The van der Waals surface area contributed by atoms with E-state index in [9.17, 15) is 32.5 Å². The minimum atomic E-state index is -5.06. The third kappa shape index (κ3) is 2.43. The molecule has 0 radical (unpaired) electrons. The third-order valence-electron chi connectivity index (χ3n) is 3.06. The van der Waals surface area contributed by atoms with E-state index in [0.29, 0.717) is 4.90 Å². The average Bonchev–Trinajstić information content (AvgIpc) is 2.36. The number of nitrogens with zero attached hydrogens (tertiary/aromatic N) is 2. The number of carbonyl (C=O) groups is 1. The van der Waals surface area contributed by atoms with Gasteiger partial charge in [0.15, 0.2) is 0 Å². The van der Waals surface area contributed by atoms with Gasteiger partial charge in [-0.05, 0) is 12.5 Å². The van der Waals surface area contributed by atoms with E-state index in [0.717, 1.165) is 12.1 Å². The fraction of sp³-hybridized carbons (Fsp3) is 0.364. The quantitative estimate of drug-likeness (QED) is 0.453. The van der Waals surface area contributed by atoms with Gasteiger partial charge in [0, 0.05) is 18.2 Å². The highest BCUT2D eigenvalue weighted by atomic mass is 19.4. The van der Waals surface area contributed by atoms with Crippen LogP contribution in [0.1, 0.15) is 11.1 Å². The van der Waals surface area contributed by atoms with Gasteiger partial charge in [-0.3, -0.25) is 14.9 Å². The molecular weight excluding hydrogens is 284 g/mol. The summed E-state index contributed by atoms with van der Waals surface area (Å²) in [4.78, 5) is 21.6.